The predicted molar refractivity (Wildman–Crippen MR) is 78.4 cm³/mol. The van der Waals surface area contributed by atoms with E-state index in [9.17, 15) is 9.50 Å². The highest BCUT2D eigenvalue weighted by Gasteiger charge is 2.09. The molecule has 2 rings (SSSR count). The Bertz CT molecular complexity index is 563. The summed E-state index contributed by atoms with van der Waals surface area (Å²) in [7, 11) is 0. The summed E-state index contributed by atoms with van der Waals surface area (Å²) in [5, 5.41) is 13.0. The van der Waals surface area contributed by atoms with E-state index in [1.54, 1.807) is 6.07 Å². The molecule has 0 aliphatic carbocycles. The zero-order valence-electron chi connectivity index (χ0n) is 10.1. The van der Waals surface area contributed by atoms with E-state index in [0.717, 1.165) is 5.56 Å². The molecule has 0 aliphatic heterocycles. The van der Waals surface area contributed by atoms with E-state index in [1.807, 2.05) is 30.3 Å². The van der Waals surface area contributed by atoms with Crippen molar-refractivity contribution >= 4 is 27.3 Å². The third-order valence-electron chi connectivity index (χ3n) is 2.76. The van der Waals surface area contributed by atoms with Gasteiger partial charge >= 0.3 is 0 Å². The van der Waals surface area contributed by atoms with Gasteiger partial charge in [0.25, 0.3) is 0 Å². The SMILES string of the molecule is Nc1cc(F)c(Br)cc1NCC(O)c1ccccc1. The average molecular weight is 325 g/mol. The highest BCUT2D eigenvalue weighted by atomic mass is 79.9. The minimum atomic E-state index is -0.649. The molecule has 3 nitrogen and oxygen atoms in total. The van der Waals surface area contributed by atoms with Gasteiger partial charge in [0.15, 0.2) is 0 Å². The van der Waals surface area contributed by atoms with Gasteiger partial charge in [0.1, 0.15) is 5.82 Å². The number of anilines is 2. The van der Waals surface area contributed by atoms with Crippen LogP contribution in [0, 0.1) is 5.82 Å². The summed E-state index contributed by atoms with van der Waals surface area (Å²) >= 11 is 3.10. The first-order valence-corrected chi connectivity index (χ1v) is 6.58. The molecule has 0 saturated carbocycles. The van der Waals surface area contributed by atoms with Crippen LogP contribution in [0.4, 0.5) is 15.8 Å². The second kappa shape index (κ2) is 6.04. The van der Waals surface area contributed by atoms with Crippen molar-refractivity contribution in [1.82, 2.24) is 0 Å². The van der Waals surface area contributed by atoms with E-state index >= 15 is 0 Å². The summed E-state index contributed by atoms with van der Waals surface area (Å²) in [6.07, 6.45) is -0.649. The fraction of sp³-hybridized carbons (Fsp3) is 0.143. The normalized spacial score (nSPS) is 12.2. The minimum Gasteiger partial charge on any atom is -0.397 e. The van der Waals surface area contributed by atoms with Crippen LogP contribution >= 0.6 is 15.9 Å². The molecule has 0 amide bonds. The molecule has 0 fully saturated rings. The standard InChI is InChI=1S/C14H14BrFN2O/c15-10-6-13(12(17)7-11(10)16)18-8-14(19)9-4-2-1-3-5-9/h1-7,14,18-19H,8,17H2. The number of nitrogen functional groups attached to an aromatic ring is 1. The highest BCUT2D eigenvalue weighted by Crippen LogP contribution is 2.27. The summed E-state index contributed by atoms with van der Waals surface area (Å²) in [4.78, 5) is 0. The molecule has 4 N–H and O–H groups in total. The Morgan fingerprint density at radius 3 is 2.63 bits per heavy atom. The lowest BCUT2D eigenvalue weighted by atomic mass is 10.1. The number of benzene rings is 2. The molecule has 1 atom stereocenters. The third kappa shape index (κ3) is 3.45. The maximum atomic E-state index is 13.2. The summed E-state index contributed by atoms with van der Waals surface area (Å²) in [6, 6.07) is 12.1. The van der Waals surface area contributed by atoms with E-state index in [4.69, 9.17) is 5.73 Å². The zero-order valence-corrected chi connectivity index (χ0v) is 11.7. The molecule has 0 spiro atoms. The molecule has 0 saturated heterocycles. The molecule has 2 aromatic carbocycles. The van der Waals surface area contributed by atoms with Crippen molar-refractivity contribution in [1.29, 1.82) is 0 Å². The van der Waals surface area contributed by atoms with Gasteiger partial charge in [-0.25, -0.2) is 4.39 Å². The fourth-order valence-electron chi connectivity index (χ4n) is 1.71. The summed E-state index contributed by atoms with van der Waals surface area (Å²) in [6.45, 7) is 0.298. The molecule has 0 bridgehead atoms. The number of rotatable bonds is 4. The Kier molecular flexibility index (Phi) is 4.39. The molecule has 0 radical (unpaired) electrons. The number of halogens is 2. The van der Waals surface area contributed by atoms with E-state index in [1.165, 1.54) is 6.07 Å². The lowest BCUT2D eigenvalue weighted by Crippen LogP contribution is -2.13. The highest BCUT2D eigenvalue weighted by molar-refractivity contribution is 9.10. The van der Waals surface area contributed by atoms with Crippen LogP contribution in [0.5, 0.6) is 0 Å². The zero-order chi connectivity index (χ0) is 13.8. The van der Waals surface area contributed by atoms with E-state index in [0.29, 0.717) is 22.4 Å². The Labute approximate surface area is 119 Å². The van der Waals surface area contributed by atoms with E-state index in [-0.39, 0.29) is 0 Å². The molecule has 1 unspecified atom stereocenters. The maximum absolute atomic E-state index is 13.2. The molecule has 5 heteroatoms. The first-order chi connectivity index (χ1) is 9.08. The van der Waals surface area contributed by atoms with Crippen molar-refractivity contribution in [3.63, 3.8) is 0 Å². The van der Waals surface area contributed by atoms with E-state index < -0.39 is 11.9 Å². The number of hydrogen-bond acceptors (Lipinski definition) is 3. The molecule has 2 aromatic rings. The van der Waals surface area contributed by atoms with Crippen molar-refractivity contribution in [3.05, 3.63) is 58.3 Å². The van der Waals surface area contributed by atoms with Gasteiger partial charge in [0.05, 0.1) is 22.0 Å². The van der Waals surface area contributed by atoms with Gasteiger partial charge in [0, 0.05) is 12.6 Å². The monoisotopic (exact) mass is 324 g/mol. The van der Waals surface area contributed by atoms with Crippen LogP contribution in [0.25, 0.3) is 0 Å². The lowest BCUT2D eigenvalue weighted by Gasteiger charge is -2.15. The van der Waals surface area contributed by atoms with Crippen LogP contribution in [-0.4, -0.2) is 11.7 Å². The van der Waals surface area contributed by atoms with Crippen LogP contribution in [-0.2, 0) is 0 Å². The average Bonchev–Trinajstić information content (AvgIpc) is 2.42. The smallest absolute Gasteiger partial charge is 0.139 e. The molecule has 100 valence electrons. The Morgan fingerprint density at radius 1 is 1.26 bits per heavy atom. The van der Waals surface area contributed by atoms with Crippen LogP contribution in [0.3, 0.4) is 0 Å². The Morgan fingerprint density at radius 2 is 1.95 bits per heavy atom. The molecule has 19 heavy (non-hydrogen) atoms. The summed E-state index contributed by atoms with van der Waals surface area (Å²) in [5.41, 5.74) is 7.42. The van der Waals surface area contributed by atoms with Gasteiger partial charge in [-0.05, 0) is 27.6 Å². The van der Waals surface area contributed by atoms with Crippen molar-refractivity contribution in [2.75, 3.05) is 17.6 Å². The second-order valence-electron chi connectivity index (χ2n) is 4.16. The summed E-state index contributed by atoms with van der Waals surface area (Å²) in [5.74, 6) is -0.411. The topological polar surface area (TPSA) is 58.3 Å². The number of nitrogens with one attached hydrogen (secondary N) is 1. The van der Waals surface area contributed by atoms with Crippen LogP contribution < -0.4 is 11.1 Å². The number of aliphatic hydroxyl groups is 1. The maximum Gasteiger partial charge on any atom is 0.139 e. The number of hydrogen-bond donors (Lipinski definition) is 3. The first kappa shape index (κ1) is 13.8. The molecular formula is C14H14BrFN2O. The van der Waals surface area contributed by atoms with Gasteiger partial charge in [-0.15, -0.1) is 0 Å². The van der Waals surface area contributed by atoms with E-state index in [2.05, 4.69) is 21.2 Å². The first-order valence-electron chi connectivity index (χ1n) is 5.79. The fourth-order valence-corrected chi connectivity index (χ4v) is 2.06. The van der Waals surface area contributed by atoms with Gasteiger partial charge in [-0.3, -0.25) is 0 Å². The van der Waals surface area contributed by atoms with Crippen LogP contribution in [0.1, 0.15) is 11.7 Å². The number of nitrogens with two attached hydrogens (primary N) is 1. The van der Waals surface area contributed by atoms with Gasteiger partial charge in [0.2, 0.25) is 0 Å². The van der Waals surface area contributed by atoms with Crippen LogP contribution in [0.15, 0.2) is 46.9 Å². The van der Waals surface area contributed by atoms with Crippen molar-refractivity contribution in [2.45, 2.75) is 6.10 Å². The molecule has 0 aliphatic rings. The van der Waals surface area contributed by atoms with Gasteiger partial charge < -0.3 is 16.2 Å². The number of aliphatic hydroxyl groups excluding tert-OH is 1. The largest absolute Gasteiger partial charge is 0.397 e. The third-order valence-corrected chi connectivity index (χ3v) is 3.37. The lowest BCUT2D eigenvalue weighted by molar-refractivity contribution is 0.191. The molecule has 0 aromatic heterocycles. The Balaban J connectivity index is 2.05. The Hall–Kier alpha value is -1.59. The van der Waals surface area contributed by atoms with Crippen molar-refractivity contribution in [3.8, 4) is 0 Å². The van der Waals surface area contributed by atoms with Gasteiger partial charge in [-0.1, -0.05) is 30.3 Å². The van der Waals surface area contributed by atoms with Crippen molar-refractivity contribution < 1.29 is 9.50 Å². The predicted octanol–water partition coefficient (Wildman–Crippen LogP) is 3.32. The summed E-state index contributed by atoms with van der Waals surface area (Å²) < 4.78 is 13.6. The van der Waals surface area contributed by atoms with Gasteiger partial charge in [-0.2, -0.15) is 0 Å². The molecular weight excluding hydrogens is 311 g/mol. The quantitative estimate of drug-likeness (QED) is 0.756. The van der Waals surface area contributed by atoms with Crippen molar-refractivity contribution in [2.24, 2.45) is 0 Å². The molecule has 0 heterocycles. The minimum absolute atomic E-state index is 0.298. The van der Waals surface area contributed by atoms with Crippen LogP contribution in [0.2, 0.25) is 0 Å². The second-order valence-corrected chi connectivity index (χ2v) is 5.02.